The molecule has 0 unspecified atom stereocenters. The third kappa shape index (κ3) is 2.23. The predicted octanol–water partition coefficient (Wildman–Crippen LogP) is 1.95. The second kappa shape index (κ2) is 5.22. The van der Waals surface area contributed by atoms with Crippen molar-refractivity contribution in [3.8, 4) is 11.4 Å². The smallest absolute Gasteiger partial charge is 0.294 e. The van der Waals surface area contributed by atoms with E-state index in [1.807, 2.05) is 35.9 Å². The maximum atomic E-state index is 12.3. The minimum absolute atomic E-state index is 0.181. The molecule has 1 aromatic heterocycles. The van der Waals surface area contributed by atoms with Gasteiger partial charge in [-0.15, -0.1) is 0 Å². The number of ether oxygens (including phenoxy) is 1. The highest BCUT2D eigenvalue weighted by Crippen LogP contribution is 2.18. The molecule has 0 aliphatic heterocycles. The summed E-state index contributed by atoms with van der Waals surface area (Å²) in [4.78, 5) is 12.3. The highest BCUT2D eigenvalue weighted by molar-refractivity contribution is 5.46. The first-order chi connectivity index (χ1) is 9.10. The number of rotatable bonds is 4. The SMILES string of the molecule is CCCn1c(C)c(N)c(=O)n1-c1cccc(OC)c1. The van der Waals surface area contributed by atoms with E-state index in [1.165, 1.54) is 0 Å². The fourth-order valence-electron chi connectivity index (χ4n) is 2.15. The van der Waals surface area contributed by atoms with Crippen molar-refractivity contribution in [1.29, 1.82) is 0 Å². The molecule has 0 radical (unpaired) electrons. The van der Waals surface area contributed by atoms with Gasteiger partial charge in [-0.05, 0) is 25.5 Å². The third-order valence-corrected chi connectivity index (χ3v) is 3.17. The topological polar surface area (TPSA) is 62.2 Å². The Morgan fingerprint density at radius 3 is 2.74 bits per heavy atom. The summed E-state index contributed by atoms with van der Waals surface area (Å²) in [7, 11) is 1.60. The Morgan fingerprint density at radius 1 is 1.37 bits per heavy atom. The monoisotopic (exact) mass is 261 g/mol. The van der Waals surface area contributed by atoms with E-state index >= 15 is 0 Å². The summed E-state index contributed by atoms with van der Waals surface area (Å²) in [6.45, 7) is 4.68. The van der Waals surface area contributed by atoms with Crippen LogP contribution in [0.2, 0.25) is 0 Å². The van der Waals surface area contributed by atoms with Gasteiger partial charge in [-0.2, -0.15) is 0 Å². The Morgan fingerprint density at radius 2 is 2.11 bits per heavy atom. The lowest BCUT2D eigenvalue weighted by molar-refractivity contribution is 0.414. The minimum Gasteiger partial charge on any atom is -0.497 e. The molecule has 0 saturated carbocycles. The Balaban J connectivity index is 2.66. The van der Waals surface area contributed by atoms with Crippen molar-refractivity contribution < 1.29 is 4.74 Å². The summed E-state index contributed by atoms with van der Waals surface area (Å²) in [5.41, 5.74) is 7.54. The molecule has 0 aliphatic rings. The molecule has 5 heteroatoms. The maximum absolute atomic E-state index is 12.3. The molecule has 1 heterocycles. The molecule has 1 aromatic carbocycles. The lowest BCUT2D eigenvalue weighted by Gasteiger charge is -2.13. The van der Waals surface area contributed by atoms with Gasteiger partial charge in [0.25, 0.3) is 5.56 Å². The zero-order chi connectivity index (χ0) is 14.0. The molecule has 2 aromatic rings. The van der Waals surface area contributed by atoms with Crippen LogP contribution in [0.3, 0.4) is 0 Å². The van der Waals surface area contributed by atoms with Gasteiger partial charge in [0.15, 0.2) is 0 Å². The second-order valence-corrected chi connectivity index (χ2v) is 4.44. The minimum atomic E-state index is -0.181. The Kier molecular flexibility index (Phi) is 3.64. The highest BCUT2D eigenvalue weighted by Gasteiger charge is 2.15. The zero-order valence-electron chi connectivity index (χ0n) is 11.5. The number of nitrogens with zero attached hydrogens (tertiary/aromatic N) is 2. The number of hydrogen-bond acceptors (Lipinski definition) is 3. The third-order valence-electron chi connectivity index (χ3n) is 3.17. The van der Waals surface area contributed by atoms with Gasteiger partial charge in [0.1, 0.15) is 11.4 Å². The van der Waals surface area contributed by atoms with E-state index in [0.29, 0.717) is 11.4 Å². The number of aromatic nitrogens is 2. The quantitative estimate of drug-likeness (QED) is 0.915. The molecular formula is C14H19N3O2. The van der Waals surface area contributed by atoms with Gasteiger partial charge < -0.3 is 10.5 Å². The molecule has 2 N–H and O–H groups in total. The number of hydrogen-bond donors (Lipinski definition) is 1. The number of benzene rings is 1. The zero-order valence-corrected chi connectivity index (χ0v) is 11.5. The molecule has 0 atom stereocenters. The first-order valence-corrected chi connectivity index (χ1v) is 6.32. The van der Waals surface area contributed by atoms with Gasteiger partial charge in [-0.3, -0.25) is 9.48 Å². The van der Waals surface area contributed by atoms with Crippen molar-refractivity contribution in [3.05, 3.63) is 40.3 Å². The predicted molar refractivity (Wildman–Crippen MR) is 76.0 cm³/mol. The van der Waals surface area contributed by atoms with E-state index in [9.17, 15) is 4.79 Å². The van der Waals surface area contributed by atoms with Crippen molar-refractivity contribution in [3.63, 3.8) is 0 Å². The first-order valence-electron chi connectivity index (χ1n) is 6.32. The van der Waals surface area contributed by atoms with Crippen LogP contribution < -0.4 is 16.0 Å². The highest BCUT2D eigenvalue weighted by atomic mass is 16.5. The molecule has 2 rings (SSSR count). The van der Waals surface area contributed by atoms with Crippen LogP contribution in [0.5, 0.6) is 5.75 Å². The summed E-state index contributed by atoms with van der Waals surface area (Å²) in [6, 6.07) is 7.40. The van der Waals surface area contributed by atoms with E-state index in [1.54, 1.807) is 11.8 Å². The summed E-state index contributed by atoms with van der Waals surface area (Å²) in [5.74, 6) is 0.713. The van der Waals surface area contributed by atoms with Gasteiger partial charge in [-0.25, -0.2) is 4.68 Å². The number of nitrogens with two attached hydrogens (primary N) is 1. The summed E-state index contributed by atoms with van der Waals surface area (Å²) >= 11 is 0. The van der Waals surface area contributed by atoms with Gasteiger partial charge in [0, 0.05) is 12.6 Å². The van der Waals surface area contributed by atoms with E-state index in [0.717, 1.165) is 24.3 Å². The van der Waals surface area contributed by atoms with Crippen molar-refractivity contribution in [1.82, 2.24) is 9.36 Å². The van der Waals surface area contributed by atoms with Crippen molar-refractivity contribution >= 4 is 5.69 Å². The average molecular weight is 261 g/mol. The molecular weight excluding hydrogens is 242 g/mol. The average Bonchev–Trinajstić information content (AvgIpc) is 2.64. The number of anilines is 1. The van der Waals surface area contributed by atoms with Gasteiger partial charge in [0.05, 0.1) is 18.5 Å². The van der Waals surface area contributed by atoms with Crippen LogP contribution in [0, 0.1) is 6.92 Å². The molecule has 0 bridgehead atoms. The van der Waals surface area contributed by atoms with Crippen LogP contribution in [-0.2, 0) is 6.54 Å². The lowest BCUT2D eigenvalue weighted by Crippen LogP contribution is -2.22. The van der Waals surface area contributed by atoms with Gasteiger partial charge >= 0.3 is 0 Å². The molecule has 0 aliphatic carbocycles. The fraction of sp³-hybridized carbons (Fsp3) is 0.357. The standard InChI is InChI=1S/C14H19N3O2/c1-4-8-16-10(2)13(15)14(18)17(16)11-6-5-7-12(9-11)19-3/h5-7,9H,4,8,15H2,1-3H3. The second-order valence-electron chi connectivity index (χ2n) is 4.44. The van der Waals surface area contributed by atoms with Crippen molar-refractivity contribution in [2.45, 2.75) is 26.8 Å². The van der Waals surface area contributed by atoms with E-state index in [-0.39, 0.29) is 5.56 Å². The summed E-state index contributed by atoms with van der Waals surface area (Å²) in [6.07, 6.45) is 0.929. The molecule has 0 amide bonds. The number of methoxy groups -OCH3 is 1. The van der Waals surface area contributed by atoms with Crippen LogP contribution in [-0.4, -0.2) is 16.5 Å². The molecule has 19 heavy (non-hydrogen) atoms. The van der Waals surface area contributed by atoms with Gasteiger partial charge in [-0.1, -0.05) is 13.0 Å². The van der Waals surface area contributed by atoms with Crippen LogP contribution in [0.4, 0.5) is 5.69 Å². The maximum Gasteiger partial charge on any atom is 0.294 e. The fourth-order valence-corrected chi connectivity index (χ4v) is 2.15. The first kappa shape index (κ1) is 13.3. The molecule has 0 fully saturated rings. The molecule has 102 valence electrons. The van der Waals surface area contributed by atoms with Crippen LogP contribution in [0.15, 0.2) is 29.1 Å². The Hall–Kier alpha value is -2.17. The van der Waals surface area contributed by atoms with E-state index < -0.39 is 0 Å². The lowest BCUT2D eigenvalue weighted by atomic mass is 10.3. The molecule has 0 spiro atoms. The van der Waals surface area contributed by atoms with Crippen LogP contribution in [0.1, 0.15) is 19.0 Å². The van der Waals surface area contributed by atoms with Crippen LogP contribution in [0.25, 0.3) is 5.69 Å². The normalized spacial score (nSPS) is 10.7. The largest absolute Gasteiger partial charge is 0.497 e. The Labute approximate surface area is 112 Å². The van der Waals surface area contributed by atoms with Gasteiger partial charge in [0.2, 0.25) is 0 Å². The molecule has 0 saturated heterocycles. The Bertz CT molecular complexity index is 641. The molecule has 5 nitrogen and oxygen atoms in total. The van der Waals surface area contributed by atoms with Crippen molar-refractivity contribution in [2.24, 2.45) is 0 Å². The van der Waals surface area contributed by atoms with Crippen molar-refractivity contribution in [2.75, 3.05) is 12.8 Å². The summed E-state index contributed by atoms with van der Waals surface area (Å²) < 4.78 is 8.71. The number of nitrogen functional groups attached to an aromatic ring is 1. The van der Waals surface area contributed by atoms with E-state index in [4.69, 9.17) is 10.5 Å². The summed E-state index contributed by atoms with van der Waals surface area (Å²) in [5, 5.41) is 0. The van der Waals surface area contributed by atoms with Crippen LogP contribution >= 0.6 is 0 Å². The van der Waals surface area contributed by atoms with E-state index in [2.05, 4.69) is 6.92 Å².